The maximum absolute atomic E-state index is 12.2. The molecule has 136 valence electrons. The van der Waals surface area contributed by atoms with Gasteiger partial charge in [-0.25, -0.2) is 0 Å². The molecule has 0 aromatic rings. The monoisotopic (exact) mass is 335 g/mol. The topological polar surface area (TPSA) is 38.0 Å². The molecule has 0 atom stereocenters. The van der Waals surface area contributed by atoms with Crippen LogP contribution in [0.3, 0.4) is 0 Å². The van der Waals surface area contributed by atoms with E-state index in [0.29, 0.717) is 6.54 Å². The molecule has 1 aliphatic heterocycles. The van der Waals surface area contributed by atoms with Gasteiger partial charge in [0.1, 0.15) is 26.2 Å². The van der Waals surface area contributed by atoms with E-state index in [2.05, 4.69) is 11.4 Å². The Balaban J connectivity index is 1.29. The number of carbonyl (C=O) groups is 1. The van der Waals surface area contributed by atoms with E-state index in [1.807, 2.05) is 4.90 Å². The highest BCUT2D eigenvalue weighted by Gasteiger charge is 2.30. The van der Waals surface area contributed by atoms with Crippen LogP contribution < -0.4 is 15.1 Å². The third kappa shape index (κ3) is 5.59. The van der Waals surface area contributed by atoms with Crippen LogP contribution in [0.15, 0.2) is 11.6 Å². The fourth-order valence-electron chi connectivity index (χ4n) is 4.80. The van der Waals surface area contributed by atoms with Crippen molar-refractivity contribution >= 4 is 5.91 Å². The molecular weight excluding hydrogens is 298 g/mol. The maximum Gasteiger partial charge on any atom is 0.275 e. The average molecular weight is 336 g/mol. The van der Waals surface area contributed by atoms with Crippen molar-refractivity contribution in [3.63, 3.8) is 0 Å². The summed E-state index contributed by atoms with van der Waals surface area (Å²) in [4.78, 5) is 15.5. The summed E-state index contributed by atoms with van der Waals surface area (Å²) >= 11 is 0. The molecule has 1 heterocycles. The molecule has 0 unspecified atom stereocenters. The van der Waals surface area contributed by atoms with Gasteiger partial charge in [0, 0.05) is 6.54 Å². The Morgan fingerprint density at radius 3 is 2.54 bits per heavy atom. The lowest BCUT2D eigenvalue weighted by Crippen LogP contribution is -3.30. The van der Waals surface area contributed by atoms with E-state index in [4.69, 9.17) is 0 Å². The number of allylic oxidation sites excluding steroid dienone is 1. The van der Waals surface area contributed by atoms with Crippen LogP contribution in [0.4, 0.5) is 0 Å². The largest absolute Gasteiger partial charge is 0.351 e. The summed E-state index contributed by atoms with van der Waals surface area (Å²) in [5, 5.41) is 3.14. The van der Waals surface area contributed by atoms with E-state index in [1.54, 1.807) is 5.57 Å². The van der Waals surface area contributed by atoms with Crippen LogP contribution >= 0.6 is 0 Å². The number of piperazine rings is 1. The molecule has 24 heavy (non-hydrogen) atoms. The lowest BCUT2D eigenvalue weighted by Gasteiger charge is -2.36. The Morgan fingerprint density at radius 2 is 1.83 bits per heavy atom. The van der Waals surface area contributed by atoms with Gasteiger partial charge in [0.2, 0.25) is 0 Å². The van der Waals surface area contributed by atoms with Crippen LogP contribution in [0.5, 0.6) is 0 Å². The van der Waals surface area contributed by atoms with Gasteiger partial charge in [0.25, 0.3) is 5.91 Å². The molecule has 4 nitrogen and oxygen atoms in total. The first-order valence-electron chi connectivity index (χ1n) is 10.4. The van der Waals surface area contributed by atoms with Gasteiger partial charge < -0.3 is 15.1 Å². The molecule has 0 bridgehead atoms. The number of hydrogen-bond donors (Lipinski definition) is 3. The minimum Gasteiger partial charge on any atom is -0.351 e. The number of nitrogens with one attached hydrogen (secondary N) is 3. The van der Waals surface area contributed by atoms with Gasteiger partial charge in [0.15, 0.2) is 6.54 Å². The summed E-state index contributed by atoms with van der Waals surface area (Å²) in [7, 11) is 0. The normalized spacial score (nSPS) is 29.1. The van der Waals surface area contributed by atoms with E-state index in [-0.39, 0.29) is 5.91 Å². The lowest BCUT2D eigenvalue weighted by atomic mass is 9.94. The van der Waals surface area contributed by atoms with Crippen molar-refractivity contribution in [3.8, 4) is 0 Å². The number of rotatable bonds is 6. The van der Waals surface area contributed by atoms with Crippen LogP contribution in [0, 0.1) is 0 Å². The molecule has 3 rings (SSSR count). The van der Waals surface area contributed by atoms with E-state index >= 15 is 0 Å². The number of amides is 1. The molecule has 0 spiro atoms. The van der Waals surface area contributed by atoms with Crippen molar-refractivity contribution in [3.05, 3.63) is 11.6 Å². The van der Waals surface area contributed by atoms with Gasteiger partial charge >= 0.3 is 0 Å². The first-order chi connectivity index (χ1) is 11.8. The zero-order valence-electron chi connectivity index (χ0n) is 15.4. The van der Waals surface area contributed by atoms with Gasteiger partial charge in [-0.1, -0.05) is 18.1 Å². The van der Waals surface area contributed by atoms with Gasteiger partial charge in [-0.05, 0) is 57.8 Å². The average Bonchev–Trinajstić information content (AvgIpc) is 2.64. The smallest absolute Gasteiger partial charge is 0.275 e. The second-order valence-corrected chi connectivity index (χ2v) is 8.13. The maximum atomic E-state index is 12.2. The van der Waals surface area contributed by atoms with Crippen LogP contribution in [-0.4, -0.2) is 51.2 Å². The van der Waals surface area contributed by atoms with Crippen molar-refractivity contribution in [2.75, 3.05) is 39.3 Å². The molecule has 1 saturated heterocycles. The Labute approximate surface area is 147 Å². The molecular formula is C20H37N3O+2. The van der Waals surface area contributed by atoms with Crippen molar-refractivity contribution in [1.82, 2.24) is 5.32 Å². The summed E-state index contributed by atoms with van der Waals surface area (Å²) in [6, 6.07) is 0.915. The molecule has 4 heteroatoms. The summed E-state index contributed by atoms with van der Waals surface area (Å²) in [6.07, 6.45) is 15.8. The molecule has 2 fully saturated rings. The van der Waals surface area contributed by atoms with Gasteiger partial charge in [-0.3, -0.25) is 4.79 Å². The first kappa shape index (κ1) is 17.9. The first-order valence-corrected chi connectivity index (χ1v) is 10.4. The van der Waals surface area contributed by atoms with Gasteiger partial charge in [-0.2, -0.15) is 0 Å². The van der Waals surface area contributed by atoms with Crippen molar-refractivity contribution in [2.45, 2.75) is 70.3 Å². The predicted molar refractivity (Wildman–Crippen MR) is 97.3 cm³/mol. The van der Waals surface area contributed by atoms with Crippen LogP contribution in [0.2, 0.25) is 0 Å². The third-order valence-electron chi connectivity index (χ3n) is 6.35. The van der Waals surface area contributed by atoms with E-state index in [9.17, 15) is 4.79 Å². The zero-order valence-corrected chi connectivity index (χ0v) is 15.4. The number of quaternary nitrogens is 2. The lowest BCUT2D eigenvalue weighted by molar-refractivity contribution is -1.02. The van der Waals surface area contributed by atoms with Crippen molar-refractivity contribution < 1.29 is 14.6 Å². The Morgan fingerprint density at radius 1 is 1.04 bits per heavy atom. The number of carbonyl (C=O) groups excluding carboxylic acids is 1. The van der Waals surface area contributed by atoms with E-state index in [1.165, 1.54) is 88.9 Å². The summed E-state index contributed by atoms with van der Waals surface area (Å²) in [5.74, 6) is 0.252. The van der Waals surface area contributed by atoms with E-state index < -0.39 is 0 Å². The van der Waals surface area contributed by atoms with Crippen molar-refractivity contribution in [2.24, 2.45) is 0 Å². The molecule has 2 aliphatic carbocycles. The number of hydrogen-bond acceptors (Lipinski definition) is 1. The minimum atomic E-state index is 0.252. The molecule has 1 saturated carbocycles. The second kappa shape index (κ2) is 9.57. The zero-order chi connectivity index (χ0) is 16.6. The van der Waals surface area contributed by atoms with Crippen molar-refractivity contribution in [1.29, 1.82) is 0 Å². The van der Waals surface area contributed by atoms with Gasteiger partial charge in [0.05, 0.1) is 6.04 Å². The molecule has 3 aliphatic rings. The third-order valence-corrected chi connectivity index (χ3v) is 6.35. The predicted octanol–water partition coefficient (Wildman–Crippen LogP) is 0.109. The molecule has 0 aromatic heterocycles. The summed E-state index contributed by atoms with van der Waals surface area (Å²) in [6.45, 7) is 6.38. The highest BCUT2D eigenvalue weighted by molar-refractivity contribution is 5.76. The molecule has 0 aromatic carbocycles. The summed E-state index contributed by atoms with van der Waals surface area (Å²) < 4.78 is 0. The SMILES string of the molecule is O=C(C[NH+]1CC[NH+](C2CCCCC2)CC1)NCCC1=CCCCC1. The Kier molecular flexibility index (Phi) is 7.15. The quantitative estimate of drug-likeness (QED) is 0.592. The molecule has 0 radical (unpaired) electrons. The van der Waals surface area contributed by atoms with Crippen LogP contribution in [0.25, 0.3) is 0 Å². The highest BCUT2D eigenvalue weighted by atomic mass is 16.2. The Bertz CT molecular complexity index is 421. The highest BCUT2D eigenvalue weighted by Crippen LogP contribution is 2.19. The van der Waals surface area contributed by atoms with Gasteiger partial charge in [-0.15, -0.1) is 0 Å². The fourth-order valence-corrected chi connectivity index (χ4v) is 4.80. The standard InChI is InChI=1S/C20H35N3O/c24-20(21-12-11-18-7-3-1-4-8-18)17-22-13-15-23(16-14-22)19-9-5-2-6-10-19/h7,19H,1-6,8-17H2,(H,21,24)/p+2. The fraction of sp³-hybridized carbons (Fsp3) is 0.850. The van der Waals surface area contributed by atoms with Crippen LogP contribution in [-0.2, 0) is 4.79 Å². The van der Waals surface area contributed by atoms with Crippen LogP contribution in [0.1, 0.15) is 64.2 Å². The summed E-state index contributed by atoms with van der Waals surface area (Å²) in [5.41, 5.74) is 1.55. The van der Waals surface area contributed by atoms with E-state index in [0.717, 1.165) is 19.0 Å². The molecule has 3 N–H and O–H groups in total. The second-order valence-electron chi connectivity index (χ2n) is 8.13. The minimum absolute atomic E-state index is 0.252. The molecule has 1 amide bonds. The Hall–Kier alpha value is -0.870.